The van der Waals surface area contributed by atoms with Crippen LogP contribution in [0.2, 0.25) is 0 Å². The van der Waals surface area contributed by atoms with Crippen LogP contribution in [0.3, 0.4) is 0 Å². The van der Waals surface area contributed by atoms with Gasteiger partial charge in [0.05, 0.1) is 6.20 Å². The van der Waals surface area contributed by atoms with Gasteiger partial charge in [0.2, 0.25) is 0 Å². The lowest BCUT2D eigenvalue weighted by atomic mass is 9.90. The molecule has 0 spiro atoms. The second kappa shape index (κ2) is 7.98. The molecule has 0 saturated heterocycles. The summed E-state index contributed by atoms with van der Waals surface area (Å²) in [7, 11) is 0. The summed E-state index contributed by atoms with van der Waals surface area (Å²) in [5.41, 5.74) is 4.12. The van der Waals surface area contributed by atoms with Crippen molar-refractivity contribution in [1.29, 1.82) is 5.26 Å². The number of hydrogen-bond donors (Lipinski definition) is 3. The van der Waals surface area contributed by atoms with Crippen LogP contribution < -0.4 is 10.9 Å². The summed E-state index contributed by atoms with van der Waals surface area (Å²) in [6.45, 7) is 0. The minimum atomic E-state index is -0.422. The van der Waals surface area contributed by atoms with Crippen LogP contribution in [0.5, 0.6) is 0 Å². The molecule has 0 aliphatic heterocycles. The molecule has 0 atom stereocenters. The number of carbonyl (C=O) groups is 1. The fraction of sp³-hybridized carbons (Fsp3) is 0.182. The zero-order valence-corrected chi connectivity index (χ0v) is 15.7. The molecule has 0 fully saturated rings. The Bertz CT molecular complexity index is 1200. The zero-order chi connectivity index (χ0) is 20.2. The van der Waals surface area contributed by atoms with Crippen LogP contribution in [-0.2, 0) is 0 Å². The van der Waals surface area contributed by atoms with Gasteiger partial charge in [-0.2, -0.15) is 5.26 Å². The molecule has 0 unspecified atom stereocenters. The summed E-state index contributed by atoms with van der Waals surface area (Å²) in [6, 6.07) is 11.0. The number of aromatic amines is 2. The summed E-state index contributed by atoms with van der Waals surface area (Å²) in [5.74, 6) is -0.344. The molecule has 3 N–H and O–H groups in total. The van der Waals surface area contributed by atoms with Crippen LogP contribution >= 0.6 is 0 Å². The van der Waals surface area contributed by atoms with E-state index in [1.54, 1.807) is 24.4 Å². The zero-order valence-electron chi connectivity index (χ0n) is 15.7. The van der Waals surface area contributed by atoms with Crippen LogP contribution in [0.25, 0.3) is 16.7 Å². The van der Waals surface area contributed by atoms with Crippen molar-refractivity contribution in [3.63, 3.8) is 0 Å². The van der Waals surface area contributed by atoms with E-state index in [4.69, 9.17) is 5.26 Å². The van der Waals surface area contributed by atoms with E-state index in [1.807, 2.05) is 18.2 Å². The van der Waals surface area contributed by atoms with Gasteiger partial charge in [-0.25, -0.2) is 4.98 Å². The van der Waals surface area contributed by atoms with Crippen molar-refractivity contribution in [3.8, 4) is 17.2 Å². The molecule has 1 aliphatic carbocycles. The van der Waals surface area contributed by atoms with E-state index in [9.17, 15) is 9.59 Å². The number of carbonyl (C=O) groups excluding carboxylic acids is 1. The predicted octanol–water partition coefficient (Wildman–Crippen LogP) is 3.85. The molecule has 7 nitrogen and oxygen atoms in total. The molecule has 144 valence electrons. The van der Waals surface area contributed by atoms with Crippen molar-refractivity contribution < 1.29 is 4.79 Å². The number of benzene rings is 1. The lowest BCUT2D eigenvalue weighted by molar-refractivity contribution is 0.101. The molecule has 1 aromatic carbocycles. The minimum Gasteiger partial charge on any atom is -0.329 e. The highest BCUT2D eigenvalue weighted by Crippen LogP contribution is 2.34. The largest absolute Gasteiger partial charge is 0.329 e. The number of rotatable bonds is 4. The third kappa shape index (κ3) is 3.87. The van der Waals surface area contributed by atoms with E-state index in [0.29, 0.717) is 11.3 Å². The van der Waals surface area contributed by atoms with E-state index < -0.39 is 5.91 Å². The summed E-state index contributed by atoms with van der Waals surface area (Å²) in [4.78, 5) is 34.1. The maximum Gasteiger partial charge on any atom is 0.291 e. The number of H-pyrrole nitrogens is 2. The maximum absolute atomic E-state index is 12.6. The van der Waals surface area contributed by atoms with Crippen LogP contribution in [0, 0.1) is 11.3 Å². The van der Waals surface area contributed by atoms with Crippen molar-refractivity contribution in [3.05, 3.63) is 76.2 Å². The predicted molar refractivity (Wildman–Crippen MR) is 110 cm³/mol. The number of amides is 1. The van der Waals surface area contributed by atoms with Crippen LogP contribution in [0.1, 0.15) is 47.6 Å². The van der Waals surface area contributed by atoms with Crippen molar-refractivity contribution >= 4 is 17.2 Å². The molecule has 29 heavy (non-hydrogen) atoms. The number of hydrogen-bond acceptors (Lipinski definition) is 4. The molecule has 7 heteroatoms. The van der Waals surface area contributed by atoms with E-state index in [1.165, 1.54) is 6.20 Å². The Balaban J connectivity index is 1.74. The Morgan fingerprint density at radius 1 is 1.21 bits per heavy atom. The smallest absolute Gasteiger partial charge is 0.291 e. The van der Waals surface area contributed by atoms with E-state index in [2.05, 4.69) is 26.3 Å². The van der Waals surface area contributed by atoms with Gasteiger partial charge < -0.3 is 15.3 Å². The monoisotopic (exact) mass is 385 g/mol. The van der Waals surface area contributed by atoms with Crippen molar-refractivity contribution in [1.82, 2.24) is 15.0 Å². The maximum atomic E-state index is 12.6. The van der Waals surface area contributed by atoms with Gasteiger partial charge in [-0.3, -0.25) is 9.59 Å². The first-order chi connectivity index (χ1) is 14.2. The van der Waals surface area contributed by atoms with Crippen molar-refractivity contribution in [2.75, 3.05) is 5.32 Å². The average molecular weight is 385 g/mol. The number of nitrogens with one attached hydrogen (secondary N) is 3. The Labute approximate surface area is 167 Å². The number of imidazole rings is 1. The van der Waals surface area contributed by atoms with E-state index >= 15 is 0 Å². The second-order valence-electron chi connectivity index (χ2n) is 6.86. The first kappa shape index (κ1) is 18.4. The normalized spacial score (nSPS) is 13.4. The highest BCUT2D eigenvalue weighted by Gasteiger charge is 2.17. The molecule has 3 aromatic rings. The summed E-state index contributed by atoms with van der Waals surface area (Å²) < 4.78 is 0. The van der Waals surface area contributed by atoms with Gasteiger partial charge in [0.1, 0.15) is 11.8 Å². The van der Waals surface area contributed by atoms with Crippen LogP contribution in [0.15, 0.2) is 53.6 Å². The van der Waals surface area contributed by atoms with Gasteiger partial charge >= 0.3 is 0 Å². The molecule has 4 rings (SSSR count). The van der Waals surface area contributed by atoms with Gasteiger partial charge in [0, 0.05) is 23.0 Å². The fourth-order valence-corrected chi connectivity index (χ4v) is 3.49. The lowest BCUT2D eigenvalue weighted by Gasteiger charge is -2.18. The van der Waals surface area contributed by atoms with Crippen molar-refractivity contribution in [2.45, 2.75) is 25.7 Å². The molecular weight excluding hydrogens is 366 g/mol. The Hall–Kier alpha value is -3.92. The van der Waals surface area contributed by atoms with Crippen LogP contribution in [0.4, 0.5) is 5.69 Å². The Morgan fingerprint density at radius 2 is 2.10 bits per heavy atom. The minimum absolute atomic E-state index is 0.0775. The third-order valence-electron chi connectivity index (χ3n) is 4.95. The molecule has 2 aromatic heterocycles. The number of aromatic nitrogens is 3. The van der Waals surface area contributed by atoms with Gasteiger partial charge in [-0.15, -0.1) is 0 Å². The number of nitriles is 1. The molecule has 0 saturated carbocycles. The standard InChI is InChI=1S/C22H19N5O2/c23-12-16-13-25-20(26-16)22(29)27-19-9-8-15(17-7-4-10-24-21(17)28)11-18(19)14-5-2-1-3-6-14/h4-5,7-11,13H,1-3,6H2,(H,24,28)(H,25,26)(H,27,29). The summed E-state index contributed by atoms with van der Waals surface area (Å²) in [5, 5.41) is 11.8. The first-order valence-electron chi connectivity index (χ1n) is 9.43. The first-order valence-corrected chi connectivity index (χ1v) is 9.43. The Kier molecular flexibility index (Phi) is 5.08. The Morgan fingerprint density at radius 3 is 2.83 bits per heavy atom. The number of allylic oxidation sites excluding steroid dienone is 2. The molecule has 1 aliphatic rings. The third-order valence-corrected chi connectivity index (χ3v) is 4.95. The lowest BCUT2D eigenvalue weighted by Crippen LogP contribution is -2.15. The van der Waals surface area contributed by atoms with E-state index in [0.717, 1.165) is 42.4 Å². The van der Waals surface area contributed by atoms with Crippen LogP contribution in [-0.4, -0.2) is 20.9 Å². The topological polar surface area (TPSA) is 114 Å². The van der Waals surface area contributed by atoms with Gasteiger partial charge in [0.15, 0.2) is 5.82 Å². The highest BCUT2D eigenvalue weighted by molar-refractivity contribution is 6.03. The van der Waals surface area contributed by atoms with Gasteiger partial charge in [-0.1, -0.05) is 12.1 Å². The summed E-state index contributed by atoms with van der Waals surface area (Å²) in [6.07, 6.45) is 9.24. The van der Waals surface area contributed by atoms with E-state index in [-0.39, 0.29) is 17.1 Å². The van der Waals surface area contributed by atoms with Gasteiger partial charge in [-0.05, 0) is 61.1 Å². The molecular formula is C22H19N5O2. The quantitative estimate of drug-likeness (QED) is 0.633. The molecule has 0 bridgehead atoms. The van der Waals surface area contributed by atoms with Crippen molar-refractivity contribution in [2.24, 2.45) is 0 Å². The summed E-state index contributed by atoms with van der Waals surface area (Å²) >= 11 is 0. The number of anilines is 1. The second-order valence-corrected chi connectivity index (χ2v) is 6.86. The average Bonchev–Trinajstić information content (AvgIpc) is 3.25. The molecule has 2 heterocycles. The van der Waals surface area contributed by atoms with Gasteiger partial charge in [0.25, 0.3) is 11.5 Å². The highest BCUT2D eigenvalue weighted by atomic mass is 16.2. The molecule has 1 amide bonds. The number of nitrogens with zero attached hydrogens (tertiary/aromatic N) is 2. The molecule has 0 radical (unpaired) electrons. The number of pyridine rings is 1. The fourth-order valence-electron chi connectivity index (χ4n) is 3.49. The SMILES string of the molecule is N#Cc1cnc(C(=O)Nc2ccc(-c3ccc[nH]c3=O)cc2C2=CCCCC2)[nH]1.